The Hall–Kier alpha value is -3.95. The fraction of sp³-hybridized carbons (Fsp3) is 0.148. The first-order chi connectivity index (χ1) is 17.9. The number of aromatic nitrogens is 1. The predicted octanol–water partition coefficient (Wildman–Crippen LogP) is 5.69. The summed E-state index contributed by atoms with van der Waals surface area (Å²) in [6, 6.07) is 15.1. The molecule has 5 rings (SSSR count). The second-order valence-corrected chi connectivity index (χ2v) is 9.57. The highest BCUT2D eigenvalue weighted by Gasteiger charge is 2.36. The van der Waals surface area contributed by atoms with Crippen molar-refractivity contribution in [1.29, 1.82) is 5.41 Å². The molecule has 0 spiro atoms. The third kappa shape index (κ3) is 5.28. The molecule has 0 unspecified atom stereocenters. The Morgan fingerprint density at radius 3 is 2.78 bits per heavy atom. The quantitative estimate of drug-likeness (QED) is 0.393. The van der Waals surface area contributed by atoms with E-state index in [1.54, 1.807) is 36.7 Å². The topological polar surface area (TPSA) is 100 Å². The number of pyridine rings is 1. The highest BCUT2D eigenvalue weighted by molar-refractivity contribution is 8.27. The number of hydrazone groups is 1. The minimum absolute atomic E-state index is 0.0738. The number of aliphatic imine (C=N–C) groups is 1. The van der Waals surface area contributed by atoms with Crippen LogP contribution in [-0.2, 0) is 11.4 Å². The number of amidine groups is 2. The lowest BCUT2D eigenvalue weighted by molar-refractivity contribution is -0.114. The summed E-state index contributed by atoms with van der Waals surface area (Å²) in [6.07, 6.45) is 4.90. The predicted molar refractivity (Wildman–Crippen MR) is 146 cm³/mol. The molecule has 0 saturated heterocycles. The molecular formula is C27H22ClN5O3S. The maximum absolute atomic E-state index is 12.9. The van der Waals surface area contributed by atoms with Crippen LogP contribution < -0.4 is 9.47 Å². The number of hydrogen-bond donors (Lipinski definition) is 1. The Bertz CT molecular complexity index is 1490. The number of ether oxygens (including phenoxy) is 2. The largest absolute Gasteiger partial charge is 0.490 e. The highest BCUT2D eigenvalue weighted by Crippen LogP contribution is 2.38. The average Bonchev–Trinajstić information content (AvgIpc) is 3.31. The molecule has 0 fully saturated rings. The lowest BCUT2D eigenvalue weighted by Crippen LogP contribution is -2.35. The van der Waals surface area contributed by atoms with Crippen molar-refractivity contribution in [2.24, 2.45) is 10.1 Å². The van der Waals surface area contributed by atoms with E-state index in [9.17, 15) is 4.79 Å². The number of halogens is 1. The van der Waals surface area contributed by atoms with Crippen molar-refractivity contribution in [2.75, 3.05) is 6.61 Å². The third-order valence-corrected chi connectivity index (χ3v) is 6.71. The van der Waals surface area contributed by atoms with Crippen molar-refractivity contribution in [1.82, 2.24) is 9.99 Å². The Balaban J connectivity index is 1.43. The molecule has 2 aromatic carbocycles. The van der Waals surface area contributed by atoms with Crippen LogP contribution in [0.5, 0.6) is 11.5 Å². The Labute approximate surface area is 223 Å². The van der Waals surface area contributed by atoms with Crippen molar-refractivity contribution < 1.29 is 14.3 Å². The summed E-state index contributed by atoms with van der Waals surface area (Å²) in [6.45, 7) is 4.61. The molecule has 10 heteroatoms. The summed E-state index contributed by atoms with van der Waals surface area (Å²) in [7, 11) is 0. The van der Waals surface area contributed by atoms with E-state index in [1.807, 2.05) is 44.2 Å². The minimum Gasteiger partial charge on any atom is -0.490 e. The first kappa shape index (κ1) is 24.7. The molecule has 1 amide bonds. The summed E-state index contributed by atoms with van der Waals surface area (Å²) in [5, 5.41) is 15.8. The van der Waals surface area contributed by atoms with Crippen LogP contribution in [0.15, 0.2) is 76.6 Å². The Morgan fingerprint density at radius 2 is 2.03 bits per heavy atom. The van der Waals surface area contributed by atoms with Crippen molar-refractivity contribution >= 4 is 51.4 Å². The van der Waals surface area contributed by atoms with Gasteiger partial charge in [0.15, 0.2) is 17.3 Å². The van der Waals surface area contributed by atoms with Crippen LogP contribution >= 0.6 is 23.4 Å². The van der Waals surface area contributed by atoms with Crippen molar-refractivity contribution in [2.45, 2.75) is 20.5 Å². The van der Waals surface area contributed by atoms with Crippen LogP contribution in [0, 0.1) is 12.3 Å². The summed E-state index contributed by atoms with van der Waals surface area (Å²) < 4.78 is 11.8. The zero-order valence-corrected chi connectivity index (χ0v) is 21.6. The molecule has 3 heterocycles. The monoisotopic (exact) mass is 531 g/mol. The van der Waals surface area contributed by atoms with E-state index in [2.05, 4.69) is 15.1 Å². The maximum Gasteiger partial charge on any atom is 0.283 e. The number of nitrogens with zero attached hydrogens (tertiary/aromatic N) is 4. The Kier molecular flexibility index (Phi) is 7.07. The fourth-order valence-electron chi connectivity index (χ4n) is 3.80. The Morgan fingerprint density at radius 1 is 1.16 bits per heavy atom. The van der Waals surface area contributed by atoms with Gasteiger partial charge in [0.25, 0.3) is 5.91 Å². The van der Waals surface area contributed by atoms with Gasteiger partial charge in [-0.1, -0.05) is 41.4 Å². The molecule has 2 aliphatic heterocycles. The molecule has 0 aliphatic carbocycles. The zero-order chi connectivity index (χ0) is 25.9. The van der Waals surface area contributed by atoms with Crippen LogP contribution in [0.2, 0.25) is 5.02 Å². The molecule has 1 N–H and O–H groups in total. The van der Waals surface area contributed by atoms with Crippen LogP contribution in [0.4, 0.5) is 0 Å². The van der Waals surface area contributed by atoms with E-state index in [0.29, 0.717) is 45.5 Å². The average molecular weight is 532 g/mol. The molecule has 37 heavy (non-hydrogen) atoms. The molecule has 0 radical (unpaired) electrons. The normalized spacial score (nSPS) is 16.0. The fourth-order valence-corrected chi connectivity index (χ4v) is 4.95. The molecule has 8 nitrogen and oxygen atoms in total. The van der Waals surface area contributed by atoms with Gasteiger partial charge in [-0.05, 0) is 67.1 Å². The first-order valence-corrected chi connectivity index (χ1v) is 12.7. The van der Waals surface area contributed by atoms with Crippen LogP contribution in [0.3, 0.4) is 0 Å². The molecular weight excluding hydrogens is 510 g/mol. The molecule has 0 saturated carbocycles. The number of carbonyl (C=O) groups is 1. The van der Waals surface area contributed by atoms with Crippen LogP contribution in [0.1, 0.15) is 29.2 Å². The number of hydrogen-bond acceptors (Lipinski definition) is 7. The van der Waals surface area contributed by atoms with E-state index in [1.165, 1.54) is 16.8 Å². The molecule has 0 atom stereocenters. The SMILES string of the molecule is CCOc1cc(C=C2C(=N)N3N=C(c4cccnc4)SC3=NC2=O)cc(Cl)c1OCc1cccc(C)c1. The van der Waals surface area contributed by atoms with Crippen LogP contribution in [-0.4, -0.2) is 38.6 Å². The van der Waals surface area contributed by atoms with Gasteiger partial charge in [0.05, 0.1) is 17.2 Å². The number of benzene rings is 2. The summed E-state index contributed by atoms with van der Waals surface area (Å²) >= 11 is 7.81. The van der Waals surface area contributed by atoms with Gasteiger partial charge in [-0.3, -0.25) is 15.2 Å². The van der Waals surface area contributed by atoms with Gasteiger partial charge in [-0.2, -0.15) is 15.1 Å². The van der Waals surface area contributed by atoms with E-state index in [-0.39, 0.29) is 11.4 Å². The molecule has 186 valence electrons. The van der Waals surface area contributed by atoms with Gasteiger partial charge in [0.1, 0.15) is 11.7 Å². The number of carbonyl (C=O) groups excluding carboxylic acids is 1. The summed E-state index contributed by atoms with van der Waals surface area (Å²) in [4.78, 5) is 21.1. The van der Waals surface area contributed by atoms with Gasteiger partial charge < -0.3 is 9.47 Å². The highest BCUT2D eigenvalue weighted by atomic mass is 35.5. The van der Waals surface area contributed by atoms with Crippen LogP contribution in [0.25, 0.3) is 6.08 Å². The second-order valence-electron chi connectivity index (χ2n) is 8.21. The van der Waals surface area contributed by atoms with Gasteiger partial charge in [0.2, 0.25) is 5.17 Å². The number of thioether (sulfide) groups is 1. The third-order valence-electron chi connectivity index (χ3n) is 5.47. The standard InChI is InChI=1S/C27H22ClN5O3S/c1-3-35-22-13-18(12-21(28)23(22)36-15-17-7-4-6-16(2)10-17)11-20-24(29)33-27(31-25(20)34)37-26(32-33)19-8-5-9-30-14-19/h4-14,29H,3,15H2,1-2H3. The lowest BCUT2D eigenvalue weighted by Gasteiger charge is -2.20. The number of amides is 1. The molecule has 1 aromatic heterocycles. The van der Waals surface area contributed by atoms with Gasteiger partial charge in [-0.25, -0.2) is 0 Å². The molecule has 3 aromatic rings. The van der Waals surface area contributed by atoms with E-state index >= 15 is 0 Å². The number of rotatable bonds is 7. The molecule has 0 bridgehead atoms. The number of aryl methyl sites for hydroxylation is 1. The second kappa shape index (κ2) is 10.6. The van der Waals surface area contributed by atoms with Crippen molar-refractivity contribution in [3.63, 3.8) is 0 Å². The number of fused-ring (bicyclic) bond motifs is 1. The maximum atomic E-state index is 12.9. The van der Waals surface area contributed by atoms with Gasteiger partial charge in [0, 0.05) is 18.0 Å². The van der Waals surface area contributed by atoms with Crippen molar-refractivity contribution in [3.05, 3.63) is 93.8 Å². The minimum atomic E-state index is -0.528. The number of nitrogens with one attached hydrogen (secondary N) is 1. The van der Waals surface area contributed by atoms with E-state index < -0.39 is 5.91 Å². The van der Waals surface area contributed by atoms with Gasteiger partial charge in [-0.15, -0.1) is 0 Å². The molecule has 2 aliphatic rings. The van der Waals surface area contributed by atoms with Crippen molar-refractivity contribution in [3.8, 4) is 11.5 Å². The lowest BCUT2D eigenvalue weighted by atomic mass is 10.1. The summed E-state index contributed by atoms with van der Waals surface area (Å²) in [5.41, 5.74) is 3.59. The van der Waals surface area contributed by atoms with E-state index in [4.69, 9.17) is 26.5 Å². The van der Waals surface area contributed by atoms with E-state index in [0.717, 1.165) is 16.7 Å². The van der Waals surface area contributed by atoms with Gasteiger partial charge >= 0.3 is 0 Å². The summed E-state index contributed by atoms with van der Waals surface area (Å²) in [5.74, 6) is 0.261. The smallest absolute Gasteiger partial charge is 0.283 e. The first-order valence-electron chi connectivity index (χ1n) is 11.5. The zero-order valence-electron chi connectivity index (χ0n) is 20.1.